The molecule has 0 aliphatic carbocycles. The molecule has 1 atom stereocenters. The summed E-state index contributed by atoms with van der Waals surface area (Å²) >= 11 is 0. The van der Waals surface area contributed by atoms with E-state index in [4.69, 9.17) is 10.3 Å². The van der Waals surface area contributed by atoms with Crippen molar-refractivity contribution in [3.8, 4) is 0 Å². The van der Waals surface area contributed by atoms with Crippen molar-refractivity contribution in [2.24, 2.45) is 0 Å². The number of nitrogens with two attached hydrogens (primary N) is 1. The van der Waals surface area contributed by atoms with Gasteiger partial charge in [0.05, 0.1) is 6.04 Å². The molecule has 2 rings (SSSR count). The lowest BCUT2D eigenvalue weighted by Crippen LogP contribution is -2.23. The molecule has 1 aliphatic rings. The average Bonchev–Trinajstić information content (AvgIpc) is 2.71. The zero-order valence-electron chi connectivity index (χ0n) is 7.73. The van der Waals surface area contributed by atoms with Crippen LogP contribution in [-0.2, 0) is 0 Å². The van der Waals surface area contributed by atoms with Gasteiger partial charge in [0.15, 0.2) is 5.82 Å². The van der Waals surface area contributed by atoms with E-state index >= 15 is 0 Å². The molecule has 0 aromatic carbocycles. The van der Waals surface area contributed by atoms with E-state index in [-0.39, 0.29) is 6.01 Å². The third-order valence-corrected chi connectivity index (χ3v) is 2.53. The maximum Gasteiger partial charge on any atom is 0.318 e. The first-order valence-corrected chi connectivity index (χ1v) is 4.64. The highest BCUT2D eigenvalue weighted by atomic mass is 16.5. The molecular formula is C8H14N4O. The Morgan fingerprint density at radius 3 is 3.15 bits per heavy atom. The second-order valence-corrected chi connectivity index (χ2v) is 3.28. The van der Waals surface area contributed by atoms with Crippen molar-refractivity contribution >= 4 is 6.01 Å². The first-order valence-electron chi connectivity index (χ1n) is 4.64. The van der Waals surface area contributed by atoms with E-state index in [0.29, 0.717) is 6.04 Å². The molecule has 0 radical (unpaired) electrons. The van der Waals surface area contributed by atoms with E-state index in [2.05, 4.69) is 22.0 Å². The lowest BCUT2D eigenvalue weighted by Gasteiger charge is -2.18. The van der Waals surface area contributed by atoms with Gasteiger partial charge in [-0.15, -0.1) is 0 Å². The Hall–Kier alpha value is -1.10. The molecule has 0 spiro atoms. The molecule has 1 aromatic rings. The molecule has 1 aromatic heterocycles. The first-order chi connectivity index (χ1) is 6.31. The average molecular weight is 182 g/mol. The molecule has 0 bridgehead atoms. The Morgan fingerprint density at radius 1 is 1.69 bits per heavy atom. The smallest absolute Gasteiger partial charge is 0.318 e. The molecule has 2 N–H and O–H groups in total. The van der Waals surface area contributed by atoms with Crippen molar-refractivity contribution in [1.82, 2.24) is 15.0 Å². The van der Waals surface area contributed by atoms with E-state index in [1.165, 1.54) is 6.42 Å². The molecule has 5 nitrogen and oxygen atoms in total. The first kappa shape index (κ1) is 8.50. The summed E-state index contributed by atoms with van der Waals surface area (Å²) in [4.78, 5) is 6.39. The van der Waals surface area contributed by atoms with Gasteiger partial charge in [0, 0.05) is 0 Å². The monoisotopic (exact) mass is 182 g/mol. The summed E-state index contributed by atoms with van der Waals surface area (Å²) in [7, 11) is 0. The van der Waals surface area contributed by atoms with Gasteiger partial charge in [0.1, 0.15) is 0 Å². The molecule has 1 saturated heterocycles. The van der Waals surface area contributed by atoms with Crippen molar-refractivity contribution in [1.29, 1.82) is 0 Å². The minimum absolute atomic E-state index is 0.165. The fraction of sp³-hybridized carbons (Fsp3) is 0.750. The van der Waals surface area contributed by atoms with Gasteiger partial charge in [-0.05, 0) is 25.9 Å². The zero-order valence-corrected chi connectivity index (χ0v) is 7.73. The number of rotatable bonds is 2. The summed E-state index contributed by atoms with van der Waals surface area (Å²) in [6, 6.07) is 0.476. The van der Waals surface area contributed by atoms with Crippen LogP contribution >= 0.6 is 0 Å². The third kappa shape index (κ3) is 1.51. The number of aromatic nitrogens is 2. The SMILES string of the molecule is CCN1CCCC1c1noc(N)n1. The Bertz CT molecular complexity index is 285. The topological polar surface area (TPSA) is 68.2 Å². The summed E-state index contributed by atoms with van der Waals surface area (Å²) in [6.45, 7) is 4.29. The van der Waals surface area contributed by atoms with Gasteiger partial charge in [0.25, 0.3) is 0 Å². The number of hydrogen-bond donors (Lipinski definition) is 1. The number of hydrogen-bond acceptors (Lipinski definition) is 5. The normalized spacial score (nSPS) is 23.9. The number of nitrogens with zero attached hydrogens (tertiary/aromatic N) is 3. The maximum absolute atomic E-state index is 5.37. The lowest BCUT2D eigenvalue weighted by molar-refractivity contribution is 0.255. The molecule has 72 valence electrons. The van der Waals surface area contributed by atoms with Crippen LogP contribution < -0.4 is 5.73 Å². The van der Waals surface area contributed by atoms with Crippen LogP contribution in [-0.4, -0.2) is 28.1 Å². The van der Waals surface area contributed by atoms with Crippen molar-refractivity contribution in [3.05, 3.63) is 5.82 Å². The molecule has 1 fully saturated rings. The van der Waals surface area contributed by atoms with E-state index < -0.39 is 0 Å². The summed E-state index contributed by atoms with van der Waals surface area (Å²) in [6.07, 6.45) is 2.31. The van der Waals surface area contributed by atoms with Crippen LogP contribution in [0.3, 0.4) is 0 Å². The van der Waals surface area contributed by atoms with Gasteiger partial charge in [-0.3, -0.25) is 4.90 Å². The molecule has 0 amide bonds. The van der Waals surface area contributed by atoms with Crippen molar-refractivity contribution < 1.29 is 4.52 Å². The van der Waals surface area contributed by atoms with Gasteiger partial charge in [-0.25, -0.2) is 0 Å². The molecule has 2 heterocycles. The number of anilines is 1. The standard InChI is InChI=1S/C8H14N4O/c1-2-12-5-3-4-6(12)7-10-8(9)13-11-7/h6H,2-5H2,1H3,(H2,9,10,11). The Kier molecular flexibility index (Phi) is 2.18. The van der Waals surface area contributed by atoms with Crippen LogP contribution in [0, 0.1) is 0 Å². The number of likely N-dealkylation sites (tertiary alicyclic amines) is 1. The highest BCUT2D eigenvalue weighted by Crippen LogP contribution is 2.29. The fourth-order valence-corrected chi connectivity index (χ4v) is 1.88. The van der Waals surface area contributed by atoms with E-state index in [1.807, 2.05) is 0 Å². The van der Waals surface area contributed by atoms with Crippen molar-refractivity contribution in [2.45, 2.75) is 25.8 Å². The third-order valence-electron chi connectivity index (χ3n) is 2.53. The predicted molar refractivity (Wildman–Crippen MR) is 47.9 cm³/mol. The highest BCUT2D eigenvalue weighted by molar-refractivity contribution is 5.10. The van der Waals surface area contributed by atoms with E-state index in [9.17, 15) is 0 Å². The molecule has 5 heteroatoms. The fourth-order valence-electron chi connectivity index (χ4n) is 1.88. The van der Waals surface area contributed by atoms with Gasteiger partial charge < -0.3 is 10.3 Å². The quantitative estimate of drug-likeness (QED) is 0.733. The summed E-state index contributed by atoms with van der Waals surface area (Å²) in [5.74, 6) is 0.733. The van der Waals surface area contributed by atoms with E-state index in [0.717, 1.165) is 25.3 Å². The summed E-state index contributed by atoms with van der Waals surface area (Å²) in [5, 5.41) is 3.84. The minimum Gasteiger partial charge on any atom is -0.351 e. The number of nitrogen functional groups attached to an aromatic ring is 1. The van der Waals surface area contributed by atoms with Gasteiger partial charge >= 0.3 is 6.01 Å². The lowest BCUT2D eigenvalue weighted by atomic mass is 10.2. The molecular weight excluding hydrogens is 168 g/mol. The van der Waals surface area contributed by atoms with Crippen LogP contribution in [0.5, 0.6) is 0 Å². The molecule has 1 unspecified atom stereocenters. The van der Waals surface area contributed by atoms with Gasteiger partial charge in [-0.2, -0.15) is 4.98 Å². The minimum atomic E-state index is 0.165. The predicted octanol–water partition coefficient (Wildman–Crippen LogP) is 0.809. The van der Waals surface area contributed by atoms with E-state index in [1.54, 1.807) is 0 Å². The van der Waals surface area contributed by atoms with Crippen LogP contribution in [0.25, 0.3) is 0 Å². The zero-order chi connectivity index (χ0) is 9.26. The molecule has 1 aliphatic heterocycles. The summed E-state index contributed by atoms with van der Waals surface area (Å²) < 4.78 is 4.76. The van der Waals surface area contributed by atoms with Crippen LogP contribution in [0.15, 0.2) is 4.52 Å². The second-order valence-electron chi connectivity index (χ2n) is 3.28. The Labute approximate surface area is 76.9 Å². The molecule has 13 heavy (non-hydrogen) atoms. The largest absolute Gasteiger partial charge is 0.351 e. The maximum atomic E-state index is 5.37. The summed E-state index contributed by atoms with van der Waals surface area (Å²) in [5.41, 5.74) is 5.37. The molecule has 0 saturated carbocycles. The van der Waals surface area contributed by atoms with Crippen molar-refractivity contribution in [2.75, 3.05) is 18.8 Å². The van der Waals surface area contributed by atoms with Gasteiger partial charge in [-0.1, -0.05) is 12.1 Å². The van der Waals surface area contributed by atoms with Crippen LogP contribution in [0.2, 0.25) is 0 Å². The van der Waals surface area contributed by atoms with Gasteiger partial charge in [0.2, 0.25) is 0 Å². The van der Waals surface area contributed by atoms with Crippen molar-refractivity contribution in [3.63, 3.8) is 0 Å². The second kappa shape index (κ2) is 3.33. The van der Waals surface area contributed by atoms with Crippen LogP contribution in [0.1, 0.15) is 31.6 Å². The Morgan fingerprint density at radius 2 is 2.54 bits per heavy atom. The highest BCUT2D eigenvalue weighted by Gasteiger charge is 2.28. The Balaban J connectivity index is 2.15. The van der Waals surface area contributed by atoms with Crippen LogP contribution in [0.4, 0.5) is 6.01 Å².